The van der Waals surface area contributed by atoms with Crippen molar-refractivity contribution in [3.05, 3.63) is 35.0 Å². The van der Waals surface area contributed by atoms with Crippen molar-refractivity contribution in [3.63, 3.8) is 0 Å². The lowest BCUT2D eigenvalue weighted by molar-refractivity contribution is -0.132. The maximum Gasteiger partial charge on any atom is 0.289 e. The van der Waals surface area contributed by atoms with E-state index in [2.05, 4.69) is 4.90 Å². The predicted molar refractivity (Wildman–Crippen MR) is 101 cm³/mol. The molecule has 0 radical (unpaired) electrons. The SMILES string of the molecule is CCN(CC)C(=O)CN1CCN(C(=O)c2cc3cc(Cl)ccc3o2)CC1. The number of nitrogens with zero attached hydrogens (tertiary/aromatic N) is 3. The molecule has 1 aromatic heterocycles. The number of fused-ring (bicyclic) bond motifs is 1. The van der Waals surface area contributed by atoms with E-state index in [-0.39, 0.29) is 11.8 Å². The number of likely N-dealkylation sites (N-methyl/N-ethyl adjacent to an activating group) is 1. The van der Waals surface area contributed by atoms with E-state index >= 15 is 0 Å². The lowest BCUT2D eigenvalue weighted by Crippen LogP contribution is -2.51. The molecule has 1 fully saturated rings. The lowest BCUT2D eigenvalue weighted by atomic mass is 10.2. The maximum atomic E-state index is 12.7. The number of rotatable bonds is 5. The summed E-state index contributed by atoms with van der Waals surface area (Å²) in [5.74, 6) is 0.353. The summed E-state index contributed by atoms with van der Waals surface area (Å²) in [4.78, 5) is 30.6. The van der Waals surface area contributed by atoms with E-state index in [4.69, 9.17) is 16.0 Å². The Labute approximate surface area is 158 Å². The van der Waals surface area contributed by atoms with E-state index in [0.717, 1.165) is 18.5 Å². The molecule has 0 aliphatic carbocycles. The Morgan fingerprint density at radius 3 is 2.46 bits per heavy atom. The van der Waals surface area contributed by atoms with E-state index in [0.29, 0.717) is 49.1 Å². The zero-order valence-corrected chi connectivity index (χ0v) is 16.0. The minimum absolute atomic E-state index is 0.118. The molecule has 1 saturated heterocycles. The fourth-order valence-corrected chi connectivity index (χ4v) is 3.43. The number of piperazine rings is 1. The lowest BCUT2D eigenvalue weighted by Gasteiger charge is -2.34. The van der Waals surface area contributed by atoms with E-state index in [1.807, 2.05) is 18.7 Å². The van der Waals surface area contributed by atoms with Crippen molar-refractivity contribution in [2.45, 2.75) is 13.8 Å². The zero-order chi connectivity index (χ0) is 18.7. The van der Waals surface area contributed by atoms with Gasteiger partial charge in [0, 0.05) is 49.7 Å². The van der Waals surface area contributed by atoms with Gasteiger partial charge in [-0.1, -0.05) is 11.6 Å². The summed E-state index contributed by atoms with van der Waals surface area (Å²) in [6.45, 7) is 8.37. The quantitative estimate of drug-likeness (QED) is 0.803. The van der Waals surface area contributed by atoms with Crippen LogP contribution in [0.1, 0.15) is 24.4 Å². The molecule has 0 saturated carbocycles. The van der Waals surface area contributed by atoms with Crippen LogP contribution in [-0.4, -0.2) is 72.3 Å². The van der Waals surface area contributed by atoms with Crippen LogP contribution >= 0.6 is 11.6 Å². The number of hydrogen-bond acceptors (Lipinski definition) is 4. The molecule has 2 amide bonds. The minimum Gasteiger partial charge on any atom is -0.451 e. The fourth-order valence-electron chi connectivity index (χ4n) is 3.25. The second-order valence-corrected chi connectivity index (χ2v) is 6.86. The number of carbonyl (C=O) groups is 2. The van der Waals surface area contributed by atoms with Gasteiger partial charge in [-0.05, 0) is 38.1 Å². The summed E-state index contributed by atoms with van der Waals surface area (Å²) in [5, 5.41) is 1.44. The van der Waals surface area contributed by atoms with E-state index in [1.54, 1.807) is 29.2 Å². The van der Waals surface area contributed by atoms with Crippen LogP contribution < -0.4 is 0 Å². The highest BCUT2D eigenvalue weighted by Gasteiger charge is 2.26. The van der Waals surface area contributed by atoms with Gasteiger partial charge in [-0.15, -0.1) is 0 Å². The molecule has 2 heterocycles. The first-order valence-electron chi connectivity index (χ1n) is 9.00. The average Bonchev–Trinajstić information content (AvgIpc) is 3.06. The van der Waals surface area contributed by atoms with Gasteiger partial charge in [-0.3, -0.25) is 14.5 Å². The molecule has 1 aliphatic heterocycles. The molecule has 6 nitrogen and oxygen atoms in total. The summed E-state index contributed by atoms with van der Waals surface area (Å²) in [7, 11) is 0. The summed E-state index contributed by atoms with van der Waals surface area (Å²) < 4.78 is 5.67. The number of amides is 2. The number of furan rings is 1. The van der Waals surface area contributed by atoms with Crippen molar-refractivity contribution < 1.29 is 14.0 Å². The third kappa shape index (κ3) is 4.02. The van der Waals surface area contributed by atoms with E-state index in [1.165, 1.54) is 0 Å². The number of carbonyl (C=O) groups excluding carboxylic acids is 2. The second kappa shape index (κ2) is 8.10. The van der Waals surface area contributed by atoms with Gasteiger partial charge >= 0.3 is 0 Å². The molecular weight excluding hydrogens is 354 g/mol. The summed E-state index contributed by atoms with van der Waals surface area (Å²) in [6, 6.07) is 7.03. The minimum atomic E-state index is -0.118. The standard InChI is InChI=1S/C19H24ClN3O3/c1-3-22(4-2)18(24)13-21-7-9-23(10-8-21)19(25)17-12-14-11-15(20)5-6-16(14)26-17/h5-6,11-12H,3-4,7-10,13H2,1-2H3. The molecule has 7 heteroatoms. The number of halogens is 1. The van der Waals surface area contributed by atoms with Crippen molar-refractivity contribution in [1.29, 1.82) is 0 Å². The highest BCUT2D eigenvalue weighted by Crippen LogP contribution is 2.24. The van der Waals surface area contributed by atoms with Gasteiger partial charge in [0.05, 0.1) is 6.54 Å². The third-order valence-electron chi connectivity index (χ3n) is 4.82. The fraction of sp³-hybridized carbons (Fsp3) is 0.474. The Morgan fingerprint density at radius 2 is 1.81 bits per heavy atom. The van der Waals surface area contributed by atoms with Gasteiger partial charge in [-0.25, -0.2) is 0 Å². The molecule has 2 aromatic rings. The summed E-state index contributed by atoms with van der Waals surface area (Å²) in [5.41, 5.74) is 0.654. The molecule has 3 rings (SSSR count). The van der Waals surface area contributed by atoms with Crippen LogP contribution in [-0.2, 0) is 4.79 Å². The Kier molecular flexibility index (Phi) is 5.84. The van der Waals surface area contributed by atoms with Gasteiger partial charge in [0.15, 0.2) is 5.76 Å². The Morgan fingerprint density at radius 1 is 1.12 bits per heavy atom. The monoisotopic (exact) mass is 377 g/mol. The average molecular weight is 378 g/mol. The van der Waals surface area contributed by atoms with Crippen LogP contribution in [0.3, 0.4) is 0 Å². The molecule has 1 aromatic carbocycles. The zero-order valence-electron chi connectivity index (χ0n) is 15.2. The predicted octanol–water partition coefficient (Wildman–Crippen LogP) is 2.71. The number of benzene rings is 1. The van der Waals surface area contributed by atoms with Crippen LogP contribution in [0, 0.1) is 0 Å². The molecule has 0 spiro atoms. The van der Waals surface area contributed by atoms with Crippen LogP contribution in [0.25, 0.3) is 11.0 Å². The molecular formula is C19H24ClN3O3. The van der Waals surface area contributed by atoms with Crippen molar-refractivity contribution in [2.24, 2.45) is 0 Å². The highest BCUT2D eigenvalue weighted by molar-refractivity contribution is 6.31. The van der Waals surface area contributed by atoms with Crippen molar-refractivity contribution in [1.82, 2.24) is 14.7 Å². The molecule has 26 heavy (non-hydrogen) atoms. The largest absolute Gasteiger partial charge is 0.451 e. The van der Waals surface area contributed by atoms with E-state index < -0.39 is 0 Å². The van der Waals surface area contributed by atoms with Crippen molar-refractivity contribution in [2.75, 3.05) is 45.8 Å². The highest BCUT2D eigenvalue weighted by atomic mass is 35.5. The first-order valence-corrected chi connectivity index (χ1v) is 9.38. The molecule has 0 N–H and O–H groups in total. The van der Waals surface area contributed by atoms with Gasteiger partial charge in [-0.2, -0.15) is 0 Å². The van der Waals surface area contributed by atoms with Gasteiger partial charge in [0.25, 0.3) is 5.91 Å². The maximum absolute atomic E-state index is 12.7. The van der Waals surface area contributed by atoms with Gasteiger partial charge < -0.3 is 14.2 Å². The summed E-state index contributed by atoms with van der Waals surface area (Å²) >= 11 is 5.98. The van der Waals surface area contributed by atoms with Gasteiger partial charge in [0.1, 0.15) is 5.58 Å². The van der Waals surface area contributed by atoms with Crippen LogP contribution in [0.5, 0.6) is 0 Å². The smallest absolute Gasteiger partial charge is 0.289 e. The first kappa shape index (κ1) is 18.7. The molecule has 1 aliphatic rings. The molecule has 0 bridgehead atoms. The summed E-state index contributed by atoms with van der Waals surface area (Å²) in [6.07, 6.45) is 0. The van der Waals surface area contributed by atoms with Crippen molar-refractivity contribution in [3.8, 4) is 0 Å². The van der Waals surface area contributed by atoms with Crippen molar-refractivity contribution >= 4 is 34.4 Å². The topological polar surface area (TPSA) is 57.0 Å². The molecule has 140 valence electrons. The third-order valence-corrected chi connectivity index (χ3v) is 5.06. The second-order valence-electron chi connectivity index (χ2n) is 6.43. The normalized spacial score (nSPS) is 15.4. The van der Waals surface area contributed by atoms with Crippen LogP contribution in [0.2, 0.25) is 5.02 Å². The molecule has 0 atom stereocenters. The Bertz CT molecular complexity index is 792. The molecule has 0 unspecified atom stereocenters. The van der Waals surface area contributed by atoms with Crippen LogP contribution in [0.4, 0.5) is 0 Å². The van der Waals surface area contributed by atoms with Gasteiger partial charge in [0.2, 0.25) is 5.91 Å². The van der Waals surface area contributed by atoms with Crippen LogP contribution in [0.15, 0.2) is 28.7 Å². The Hall–Kier alpha value is -2.05. The first-order chi connectivity index (χ1) is 12.5. The Balaban J connectivity index is 1.58. The number of hydrogen-bond donors (Lipinski definition) is 0. The van der Waals surface area contributed by atoms with E-state index in [9.17, 15) is 9.59 Å².